The molecule has 1 atom stereocenters. The maximum absolute atomic E-state index is 11.9. The number of carbonyl (C=O) groups excluding carboxylic acids is 1. The van der Waals surface area contributed by atoms with Crippen molar-refractivity contribution >= 4 is 33.4 Å². The molecule has 16 heavy (non-hydrogen) atoms. The lowest BCUT2D eigenvalue weighted by Gasteiger charge is -2.14. The predicted octanol–water partition coefficient (Wildman–Crippen LogP) is 3.50. The van der Waals surface area contributed by atoms with Gasteiger partial charge in [0.1, 0.15) is 0 Å². The Hall–Kier alpha value is -0.540. The van der Waals surface area contributed by atoms with Crippen molar-refractivity contribution in [1.82, 2.24) is 5.32 Å². The van der Waals surface area contributed by atoms with Gasteiger partial charge >= 0.3 is 0 Å². The largest absolute Gasteiger partial charge is 0.348 e. The van der Waals surface area contributed by atoms with Crippen molar-refractivity contribution in [2.75, 3.05) is 5.88 Å². The summed E-state index contributed by atoms with van der Waals surface area (Å²) in [5.74, 6) is 0.384. The van der Waals surface area contributed by atoms with Crippen LogP contribution in [0.25, 0.3) is 0 Å². The first kappa shape index (κ1) is 13.5. The molecular formula is C12H15BrClNO. The van der Waals surface area contributed by atoms with E-state index in [-0.39, 0.29) is 11.9 Å². The van der Waals surface area contributed by atoms with Crippen molar-refractivity contribution < 1.29 is 4.79 Å². The lowest BCUT2D eigenvalue weighted by molar-refractivity contribution is 0.0939. The van der Waals surface area contributed by atoms with Crippen LogP contribution in [0, 0.1) is 6.92 Å². The molecular weight excluding hydrogens is 289 g/mol. The van der Waals surface area contributed by atoms with Gasteiger partial charge < -0.3 is 5.32 Å². The fourth-order valence-corrected chi connectivity index (χ4v) is 2.17. The fraction of sp³-hybridized carbons (Fsp3) is 0.417. The van der Waals surface area contributed by atoms with Crippen LogP contribution in [-0.4, -0.2) is 17.8 Å². The average molecular weight is 305 g/mol. The Morgan fingerprint density at radius 1 is 1.56 bits per heavy atom. The first-order valence-corrected chi connectivity index (χ1v) is 6.54. The molecule has 4 heteroatoms. The van der Waals surface area contributed by atoms with Gasteiger partial charge in [-0.2, -0.15) is 0 Å². The molecule has 0 saturated carbocycles. The van der Waals surface area contributed by atoms with Crippen LogP contribution >= 0.6 is 27.5 Å². The minimum Gasteiger partial charge on any atom is -0.348 e. The Balaban J connectivity index is 2.80. The predicted molar refractivity (Wildman–Crippen MR) is 71.1 cm³/mol. The molecule has 2 nitrogen and oxygen atoms in total. The quantitative estimate of drug-likeness (QED) is 0.848. The summed E-state index contributed by atoms with van der Waals surface area (Å²) in [6, 6.07) is 5.65. The first-order chi connectivity index (χ1) is 7.58. The van der Waals surface area contributed by atoms with Crippen LogP contribution in [0.4, 0.5) is 0 Å². The summed E-state index contributed by atoms with van der Waals surface area (Å²) in [7, 11) is 0. The monoisotopic (exact) mass is 303 g/mol. The molecule has 0 saturated heterocycles. The van der Waals surface area contributed by atoms with E-state index in [9.17, 15) is 4.79 Å². The smallest absolute Gasteiger partial charge is 0.251 e. The molecule has 0 fully saturated rings. The standard InChI is InChI=1S/C12H15BrClNO/c1-3-10(7-14)15-12(16)11-5-4-9(13)6-8(11)2/h4-6,10H,3,7H2,1-2H3,(H,15,16). The van der Waals surface area contributed by atoms with Gasteiger partial charge in [0.15, 0.2) is 0 Å². The number of hydrogen-bond donors (Lipinski definition) is 1. The van der Waals surface area contributed by atoms with Crippen LogP contribution in [-0.2, 0) is 0 Å². The molecule has 1 aromatic rings. The van der Waals surface area contributed by atoms with Gasteiger partial charge in [0.05, 0.1) is 0 Å². The van der Waals surface area contributed by atoms with Gasteiger partial charge in [-0.1, -0.05) is 22.9 Å². The van der Waals surface area contributed by atoms with Gasteiger partial charge in [0.25, 0.3) is 5.91 Å². The number of hydrogen-bond acceptors (Lipinski definition) is 1. The summed E-state index contributed by atoms with van der Waals surface area (Å²) in [6.45, 7) is 3.92. The van der Waals surface area contributed by atoms with Crippen molar-refractivity contribution in [1.29, 1.82) is 0 Å². The number of nitrogens with one attached hydrogen (secondary N) is 1. The van der Waals surface area contributed by atoms with E-state index in [4.69, 9.17) is 11.6 Å². The molecule has 0 heterocycles. The van der Waals surface area contributed by atoms with Crippen LogP contribution in [0.5, 0.6) is 0 Å². The summed E-state index contributed by atoms with van der Waals surface area (Å²) < 4.78 is 0.978. The Morgan fingerprint density at radius 3 is 2.75 bits per heavy atom. The highest BCUT2D eigenvalue weighted by Crippen LogP contribution is 2.16. The SMILES string of the molecule is CCC(CCl)NC(=O)c1ccc(Br)cc1C. The molecule has 0 bridgehead atoms. The van der Waals surface area contributed by atoms with Crippen LogP contribution < -0.4 is 5.32 Å². The van der Waals surface area contributed by atoms with E-state index in [0.29, 0.717) is 11.4 Å². The number of aryl methyl sites for hydroxylation is 1. The lowest BCUT2D eigenvalue weighted by atomic mass is 10.1. The number of halogens is 2. The highest BCUT2D eigenvalue weighted by atomic mass is 79.9. The minimum absolute atomic E-state index is 0.0391. The van der Waals surface area contributed by atoms with Crippen molar-refractivity contribution in [3.8, 4) is 0 Å². The number of amides is 1. The van der Waals surface area contributed by atoms with E-state index in [1.165, 1.54) is 0 Å². The summed E-state index contributed by atoms with van der Waals surface area (Å²) in [6.07, 6.45) is 0.838. The van der Waals surface area contributed by atoms with Gasteiger partial charge in [-0.25, -0.2) is 0 Å². The zero-order valence-electron chi connectivity index (χ0n) is 9.39. The number of rotatable bonds is 4. The van der Waals surface area contributed by atoms with Gasteiger partial charge in [-0.15, -0.1) is 11.6 Å². The molecule has 1 unspecified atom stereocenters. The summed E-state index contributed by atoms with van der Waals surface area (Å²) in [5, 5.41) is 2.91. The van der Waals surface area contributed by atoms with Crippen molar-refractivity contribution in [3.05, 3.63) is 33.8 Å². The zero-order chi connectivity index (χ0) is 12.1. The van der Waals surface area contributed by atoms with Gasteiger partial charge in [-0.3, -0.25) is 4.79 Å². The van der Waals surface area contributed by atoms with Crippen LogP contribution in [0.3, 0.4) is 0 Å². The molecule has 0 aliphatic rings. The Bertz CT molecular complexity index is 377. The maximum atomic E-state index is 11.9. The Labute approximate surface area is 110 Å². The maximum Gasteiger partial charge on any atom is 0.251 e. The van der Waals surface area contributed by atoms with Crippen LogP contribution in [0.2, 0.25) is 0 Å². The Morgan fingerprint density at radius 2 is 2.25 bits per heavy atom. The highest BCUT2D eigenvalue weighted by Gasteiger charge is 2.13. The second-order valence-corrected chi connectivity index (χ2v) is 4.92. The van der Waals surface area contributed by atoms with Crippen molar-refractivity contribution in [2.24, 2.45) is 0 Å². The highest BCUT2D eigenvalue weighted by molar-refractivity contribution is 9.10. The third kappa shape index (κ3) is 3.49. The van der Waals surface area contributed by atoms with E-state index in [1.807, 2.05) is 32.0 Å². The van der Waals surface area contributed by atoms with Gasteiger partial charge in [0.2, 0.25) is 0 Å². The van der Waals surface area contributed by atoms with Gasteiger partial charge in [-0.05, 0) is 37.1 Å². The van der Waals surface area contributed by atoms with E-state index in [2.05, 4.69) is 21.2 Å². The molecule has 0 spiro atoms. The number of benzene rings is 1. The molecule has 0 aliphatic carbocycles. The van der Waals surface area contributed by atoms with E-state index < -0.39 is 0 Å². The van der Waals surface area contributed by atoms with Crippen LogP contribution in [0.1, 0.15) is 29.3 Å². The van der Waals surface area contributed by atoms with E-state index >= 15 is 0 Å². The molecule has 1 rings (SSSR count). The van der Waals surface area contributed by atoms with Gasteiger partial charge in [0, 0.05) is 22.0 Å². The van der Waals surface area contributed by atoms with Crippen molar-refractivity contribution in [3.63, 3.8) is 0 Å². The summed E-state index contributed by atoms with van der Waals surface area (Å²) >= 11 is 9.11. The molecule has 1 amide bonds. The van der Waals surface area contributed by atoms with E-state index in [1.54, 1.807) is 0 Å². The zero-order valence-corrected chi connectivity index (χ0v) is 11.7. The summed E-state index contributed by atoms with van der Waals surface area (Å²) in [4.78, 5) is 11.9. The van der Waals surface area contributed by atoms with E-state index in [0.717, 1.165) is 16.5 Å². The second-order valence-electron chi connectivity index (χ2n) is 3.69. The fourth-order valence-electron chi connectivity index (χ4n) is 1.39. The third-order valence-electron chi connectivity index (χ3n) is 2.45. The normalized spacial score (nSPS) is 12.2. The number of alkyl halides is 1. The first-order valence-electron chi connectivity index (χ1n) is 5.21. The molecule has 1 N–H and O–H groups in total. The molecule has 0 radical (unpaired) electrons. The third-order valence-corrected chi connectivity index (χ3v) is 3.31. The summed E-state index contributed by atoms with van der Waals surface area (Å²) in [5.41, 5.74) is 1.66. The average Bonchev–Trinajstić information content (AvgIpc) is 2.25. The molecule has 88 valence electrons. The molecule has 0 aromatic heterocycles. The number of carbonyl (C=O) groups is 1. The lowest BCUT2D eigenvalue weighted by Crippen LogP contribution is -2.35. The van der Waals surface area contributed by atoms with Crippen molar-refractivity contribution in [2.45, 2.75) is 26.3 Å². The second kappa shape index (κ2) is 6.26. The molecule has 0 aliphatic heterocycles. The minimum atomic E-state index is -0.0579. The van der Waals surface area contributed by atoms with Crippen LogP contribution in [0.15, 0.2) is 22.7 Å². The topological polar surface area (TPSA) is 29.1 Å². The Kier molecular flexibility index (Phi) is 5.29. The molecule has 1 aromatic carbocycles.